The van der Waals surface area contributed by atoms with Gasteiger partial charge in [-0.05, 0) is 73.2 Å². The van der Waals surface area contributed by atoms with Crippen LogP contribution >= 0.6 is 0 Å². The van der Waals surface area contributed by atoms with Crippen LogP contribution in [0.2, 0.25) is 0 Å². The number of benzene rings is 3. The lowest BCUT2D eigenvalue weighted by molar-refractivity contribution is 0.475. The lowest BCUT2D eigenvalue weighted by Gasteiger charge is -2.11. The van der Waals surface area contributed by atoms with E-state index in [0.717, 1.165) is 49.7 Å². The fourth-order valence-corrected chi connectivity index (χ4v) is 4.91. The summed E-state index contributed by atoms with van der Waals surface area (Å²) < 4.78 is 0. The van der Waals surface area contributed by atoms with Gasteiger partial charge in [0, 0.05) is 59.5 Å². The van der Waals surface area contributed by atoms with E-state index >= 15 is 0 Å². The normalized spacial score (nSPS) is 11.5. The van der Waals surface area contributed by atoms with E-state index in [0.29, 0.717) is 45.0 Å². The average molecular weight is 585 g/mol. The molecule has 44 heavy (non-hydrogen) atoms. The Morgan fingerprint density at radius 2 is 1.09 bits per heavy atom. The molecule has 8 heteroatoms. The molecule has 0 amide bonds. The maximum absolute atomic E-state index is 11.2. The molecule has 0 saturated carbocycles. The molecule has 0 spiro atoms. The number of unbranched alkanes of at least 4 members (excludes halogenated alkanes) is 2. The molecule has 0 aliphatic carbocycles. The molecule has 0 atom stereocenters. The van der Waals surface area contributed by atoms with Gasteiger partial charge in [0.25, 0.3) is 0 Å². The molecule has 222 valence electrons. The van der Waals surface area contributed by atoms with Crippen LogP contribution in [0.4, 0.5) is 11.4 Å². The van der Waals surface area contributed by atoms with Crippen LogP contribution in [-0.4, -0.2) is 42.6 Å². The summed E-state index contributed by atoms with van der Waals surface area (Å²) in [5, 5.41) is 22.4. The molecule has 2 N–H and O–H groups in total. The number of rotatable bonds is 12. The van der Waals surface area contributed by atoms with Gasteiger partial charge in [-0.2, -0.15) is 0 Å². The van der Waals surface area contributed by atoms with Gasteiger partial charge in [0.1, 0.15) is 11.5 Å². The maximum atomic E-state index is 11.2. The molecule has 0 fully saturated rings. The minimum atomic E-state index is 0.0980. The molecule has 8 nitrogen and oxygen atoms in total. The molecule has 3 aromatic carbocycles. The summed E-state index contributed by atoms with van der Waals surface area (Å²) in [6, 6.07) is 15.4. The smallest absolute Gasteiger partial charge is 0.133 e. The number of aromatic hydroxyl groups is 2. The predicted molar refractivity (Wildman–Crippen MR) is 176 cm³/mol. The standard InChI is InChI=1S/C36H36N6O2/c1-3-5-9-25-17-27(35(43)29(19-25)33-23-37-13-15-39-33)21-41-31-11-7-8-12-32(31)42-22-28-18-26(10-6-4-2)20-30(36(28)44)34-24-38-14-16-40-34/h7-8,11-24,43-44H,3-6,9-10H2,1-2H3. The summed E-state index contributed by atoms with van der Waals surface area (Å²) in [5.41, 5.74) is 7.06. The first-order valence-electron chi connectivity index (χ1n) is 15.0. The number of hydrogen-bond donors (Lipinski definition) is 2. The molecule has 2 aromatic heterocycles. The Labute approximate surface area is 258 Å². The lowest BCUT2D eigenvalue weighted by atomic mass is 9.99. The van der Waals surface area contributed by atoms with E-state index in [1.165, 1.54) is 0 Å². The van der Waals surface area contributed by atoms with Crippen LogP contribution in [0.1, 0.15) is 61.8 Å². The summed E-state index contributed by atoms with van der Waals surface area (Å²) in [5.74, 6) is 0.196. The first kappa shape index (κ1) is 30.2. The molecular weight excluding hydrogens is 548 g/mol. The van der Waals surface area contributed by atoms with Crippen molar-refractivity contribution >= 4 is 23.8 Å². The fourth-order valence-electron chi connectivity index (χ4n) is 4.91. The third kappa shape index (κ3) is 7.39. The topological polar surface area (TPSA) is 117 Å². The minimum Gasteiger partial charge on any atom is -0.507 e. The van der Waals surface area contributed by atoms with Gasteiger partial charge in [-0.25, -0.2) is 0 Å². The maximum Gasteiger partial charge on any atom is 0.133 e. The largest absolute Gasteiger partial charge is 0.507 e. The minimum absolute atomic E-state index is 0.0980. The van der Waals surface area contributed by atoms with Gasteiger partial charge in [0.15, 0.2) is 0 Å². The molecule has 0 aliphatic heterocycles. The molecule has 0 radical (unpaired) electrons. The fraction of sp³-hybridized carbons (Fsp3) is 0.222. The van der Waals surface area contributed by atoms with Gasteiger partial charge < -0.3 is 10.2 Å². The number of para-hydroxylation sites is 2. The molecule has 5 aromatic rings. The van der Waals surface area contributed by atoms with Crippen molar-refractivity contribution in [3.63, 3.8) is 0 Å². The Bertz CT molecular complexity index is 1620. The number of aromatic nitrogens is 4. The van der Waals surface area contributed by atoms with E-state index in [4.69, 9.17) is 9.98 Å². The number of phenolic OH excluding ortho intramolecular Hbond substituents is 2. The molecule has 0 saturated heterocycles. The van der Waals surface area contributed by atoms with Crippen molar-refractivity contribution in [2.24, 2.45) is 9.98 Å². The monoisotopic (exact) mass is 584 g/mol. The van der Waals surface area contributed by atoms with Crippen molar-refractivity contribution in [2.45, 2.75) is 52.4 Å². The highest BCUT2D eigenvalue weighted by atomic mass is 16.3. The van der Waals surface area contributed by atoms with Gasteiger partial charge in [0.05, 0.1) is 35.2 Å². The van der Waals surface area contributed by atoms with E-state index in [1.54, 1.807) is 49.6 Å². The third-order valence-corrected chi connectivity index (χ3v) is 7.28. The van der Waals surface area contributed by atoms with Crippen LogP contribution in [-0.2, 0) is 12.8 Å². The Balaban J connectivity index is 1.50. The van der Waals surface area contributed by atoms with Crippen molar-refractivity contribution in [1.82, 2.24) is 19.9 Å². The van der Waals surface area contributed by atoms with Gasteiger partial charge >= 0.3 is 0 Å². The summed E-state index contributed by atoms with van der Waals surface area (Å²) >= 11 is 0. The zero-order valence-electron chi connectivity index (χ0n) is 25.1. The molecule has 2 heterocycles. The third-order valence-electron chi connectivity index (χ3n) is 7.28. The highest BCUT2D eigenvalue weighted by Crippen LogP contribution is 2.35. The van der Waals surface area contributed by atoms with Crippen LogP contribution < -0.4 is 0 Å². The Hall–Kier alpha value is -5.24. The number of phenols is 2. The zero-order valence-corrected chi connectivity index (χ0v) is 25.1. The Morgan fingerprint density at radius 1 is 0.636 bits per heavy atom. The van der Waals surface area contributed by atoms with E-state index in [-0.39, 0.29) is 11.5 Å². The highest BCUT2D eigenvalue weighted by molar-refractivity contribution is 5.93. The van der Waals surface area contributed by atoms with Gasteiger partial charge in [-0.1, -0.05) is 38.8 Å². The predicted octanol–water partition coefficient (Wildman–Crippen LogP) is 8.20. The summed E-state index contributed by atoms with van der Waals surface area (Å²) in [6.45, 7) is 4.31. The van der Waals surface area contributed by atoms with Crippen molar-refractivity contribution in [3.05, 3.63) is 108 Å². The summed E-state index contributed by atoms with van der Waals surface area (Å²) in [4.78, 5) is 26.6. The second-order valence-electron chi connectivity index (χ2n) is 10.6. The van der Waals surface area contributed by atoms with E-state index < -0.39 is 0 Å². The molecule has 0 aliphatic rings. The zero-order chi connectivity index (χ0) is 30.7. The quantitative estimate of drug-likeness (QED) is 0.143. The second-order valence-corrected chi connectivity index (χ2v) is 10.6. The van der Waals surface area contributed by atoms with Gasteiger partial charge in [0.2, 0.25) is 0 Å². The van der Waals surface area contributed by atoms with Crippen LogP contribution in [0, 0.1) is 0 Å². The van der Waals surface area contributed by atoms with Crippen molar-refractivity contribution in [3.8, 4) is 34.0 Å². The number of nitrogens with zero attached hydrogens (tertiary/aromatic N) is 6. The van der Waals surface area contributed by atoms with Crippen LogP contribution in [0.3, 0.4) is 0 Å². The van der Waals surface area contributed by atoms with Crippen molar-refractivity contribution < 1.29 is 10.2 Å². The van der Waals surface area contributed by atoms with Crippen LogP contribution in [0.25, 0.3) is 22.5 Å². The Kier molecular flexibility index (Phi) is 10.2. The van der Waals surface area contributed by atoms with Gasteiger partial charge in [-0.3, -0.25) is 29.9 Å². The van der Waals surface area contributed by atoms with E-state index in [2.05, 4.69) is 33.8 Å². The van der Waals surface area contributed by atoms with Crippen LogP contribution in [0.5, 0.6) is 11.5 Å². The van der Waals surface area contributed by atoms with Crippen molar-refractivity contribution in [2.75, 3.05) is 0 Å². The Morgan fingerprint density at radius 3 is 1.48 bits per heavy atom. The molecule has 0 unspecified atom stereocenters. The van der Waals surface area contributed by atoms with E-state index in [9.17, 15) is 10.2 Å². The number of aliphatic imine (C=N–C) groups is 2. The summed E-state index contributed by atoms with van der Waals surface area (Å²) in [6.07, 6.45) is 19.0. The SMILES string of the molecule is CCCCc1cc(C=Nc2ccccc2N=Cc2cc(CCCC)cc(-c3cnccn3)c2O)c(O)c(-c2cnccn2)c1. The molecule has 5 rings (SSSR count). The molecule has 0 bridgehead atoms. The number of hydrogen-bond acceptors (Lipinski definition) is 8. The van der Waals surface area contributed by atoms with Crippen molar-refractivity contribution in [1.29, 1.82) is 0 Å². The lowest BCUT2D eigenvalue weighted by Crippen LogP contribution is -1.95. The summed E-state index contributed by atoms with van der Waals surface area (Å²) in [7, 11) is 0. The van der Waals surface area contributed by atoms with Gasteiger partial charge in [-0.15, -0.1) is 0 Å². The highest BCUT2D eigenvalue weighted by Gasteiger charge is 2.14. The number of aryl methyl sites for hydroxylation is 2. The first-order chi connectivity index (χ1) is 21.6. The van der Waals surface area contributed by atoms with E-state index in [1.807, 2.05) is 48.5 Å². The molecular formula is C36H36N6O2. The second kappa shape index (κ2) is 14.8. The van der Waals surface area contributed by atoms with Crippen LogP contribution in [0.15, 0.2) is 95.7 Å². The average Bonchev–Trinajstić information content (AvgIpc) is 3.07. The first-order valence-corrected chi connectivity index (χ1v) is 15.0.